The van der Waals surface area contributed by atoms with Gasteiger partial charge in [0.1, 0.15) is 0 Å². The Morgan fingerprint density at radius 1 is 0.243 bits per heavy atom. The Hall–Kier alpha value is 0.723. The minimum Gasteiger partial charge on any atom is -0.662 e. The molecule has 224 valence electrons. The molecule has 0 atom stereocenters. The Kier molecular flexibility index (Phi) is 44.6. The van der Waals surface area contributed by atoms with Gasteiger partial charge in [-0.3, -0.25) is 0 Å². The summed E-state index contributed by atoms with van der Waals surface area (Å²) in [5.41, 5.74) is 0. The third-order valence-electron chi connectivity index (χ3n) is 3.95. The fourth-order valence-electron chi connectivity index (χ4n) is 2.36. The molecule has 0 aromatic carbocycles. The summed E-state index contributed by atoms with van der Waals surface area (Å²) in [5, 5.41) is 17.5. The average Bonchev–Trinajstić information content (AvgIpc) is 2.67. The normalized spacial score (nSPS) is 11.0. The van der Waals surface area contributed by atoms with Gasteiger partial charge in [0.05, 0.1) is 0 Å². The second-order valence-electron chi connectivity index (χ2n) is 13.5. The van der Waals surface area contributed by atoms with Crippen molar-refractivity contribution in [2.24, 2.45) is 47.3 Å². The van der Waals surface area contributed by atoms with Crippen molar-refractivity contribution in [3.8, 4) is 0 Å². The number of nitrogens with zero attached hydrogens (tertiary/aromatic N) is 4. The van der Waals surface area contributed by atoms with Crippen LogP contribution in [0.3, 0.4) is 0 Å². The first-order valence-corrected chi connectivity index (χ1v) is 15.0. The molecule has 0 saturated carbocycles. The van der Waals surface area contributed by atoms with Crippen molar-refractivity contribution in [2.75, 3.05) is 52.4 Å². The third-order valence-corrected chi connectivity index (χ3v) is 3.95. The Balaban J connectivity index is -0.000000122. The maximum atomic E-state index is 4.37. The van der Waals surface area contributed by atoms with Gasteiger partial charge in [0, 0.05) is 0 Å². The van der Waals surface area contributed by atoms with Crippen LogP contribution in [-0.4, -0.2) is 52.4 Å². The van der Waals surface area contributed by atoms with Crippen LogP contribution < -0.4 is 0 Å². The standard InChI is InChI=1S/4C8H18N.Zr/c4*1-7(2)5-9-6-8(3)4;/h4*7-8H,5-6H2,1-4H3;/q4*-1;+4. The van der Waals surface area contributed by atoms with Crippen LogP contribution in [0.2, 0.25) is 0 Å². The Bertz CT molecular complexity index is 277. The predicted octanol–water partition coefficient (Wildman–Crippen LogP) is 10.7. The molecular weight excluding hydrogens is 532 g/mol. The summed E-state index contributed by atoms with van der Waals surface area (Å²) in [6.07, 6.45) is 0. The van der Waals surface area contributed by atoms with Crippen molar-refractivity contribution in [1.82, 2.24) is 0 Å². The van der Waals surface area contributed by atoms with Crippen LogP contribution in [0, 0.1) is 47.3 Å². The summed E-state index contributed by atoms with van der Waals surface area (Å²) < 4.78 is 0. The van der Waals surface area contributed by atoms with Crippen LogP contribution in [0.15, 0.2) is 0 Å². The van der Waals surface area contributed by atoms with Gasteiger partial charge in [0.25, 0.3) is 0 Å². The molecule has 0 fully saturated rings. The van der Waals surface area contributed by atoms with Gasteiger partial charge in [-0.2, -0.15) is 0 Å². The molecular formula is C32H72N4Zr. The topological polar surface area (TPSA) is 56.4 Å². The van der Waals surface area contributed by atoms with Gasteiger partial charge in [-0.1, -0.05) is 158 Å². The van der Waals surface area contributed by atoms with Gasteiger partial charge in [0.15, 0.2) is 0 Å². The number of rotatable bonds is 16. The minimum atomic E-state index is 0. The molecule has 0 saturated heterocycles. The predicted molar refractivity (Wildman–Crippen MR) is 171 cm³/mol. The first kappa shape index (κ1) is 47.5. The van der Waals surface area contributed by atoms with Crippen LogP contribution in [0.4, 0.5) is 0 Å². The quantitative estimate of drug-likeness (QED) is 0.168. The summed E-state index contributed by atoms with van der Waals surface area (Å²) >= 11 is 0. The van der Waals surface area contributed by atoms with E-state index in [9.17, 15) is 0 Å². The van der Waals surface area contributed by atoms with Crippen molar-refractivity contribution in [2.45, 2.75) is 111 Å². The molecule has 0 unspecified atom stereocenters. The molecule has 0 bridgehead atoms. The van der Waals surface area contributed by atoms with Crippen molar-refractivity contribution in [3.05, 3.63) is 21.3 Å². The Morgan fingerprint density at radius 2 is 0.324 bits per heavy atom. The molecule has 0 aromatic heterocycles. The smallest absolute Gasteiger partial charge is 0.662 e. The largest absolute Gasteiger partial charge is 4.00 e. The first-order chi connectivity index (χ1) is 16.5. The van der Waals surface area contributed by atoms with Gasteiger partial charge < -0.3 is 21.3 Å². The van der Waals surface area contributed by atoms with Crippen LogP contribution in [0.5, 0.6) is 0 Å². The SMILES string of the molecule is CC(C)C[N-]CC(C)C.CC(C)C[N-]CC(C)C.CC(C)C[N-]CC(C)C.CC(C)C[N-]CC(C)C.[Zr+4]. The molecule has 0 aliphatic rings. The zero-order valence-corrected chi connectivity index (χ0v) is 31.0. The van der Waals surface area contributed by atoms with Crippen LogP contribution >= 0.6 is 0 Å². The van der Waals surface area contributed by atoms with Gasteiger partial charge in [-0.05, 0) is 0 Å². The van der Waals surface area contributed by atoms with E-state index in [0.717, 1.165) is 99.7 Å². The molecule has 5 heteroatoms. The van der Waals surface area contributed by atoms with E-state index in [1.165, 1.54) is 0 Å². The second kappa shape index (κ2) is 34.8. The molecule has 0 aliphatic heterocycles. The van der Waals surface area contributed by atoms with E-state index < -0.39 is 0 Å². The molecule has 0 heterocycles. The van der Waals surface area contributed by atoms with Crippen molar-refractivity contribution >= 4 is 0 Å². The maximum absolute atomic E-state index is 4.37. The van der Waals surface area contributed by atoms with Gasteiger partial charge in [-0.15, -0.1) is 52.4 Å². The Morgan fingerprint density at radius 3 is 0.378 bits per heavy atom. The molecule has 0 radical (unpaired) electrons. The second-order valence-corrected chi connectivity index (χ2v) is 13.5. The van der Waals surface area contributed by atoms with Crippen molar-refractivity contribution in [3.63, 3.8) is 0 Å². The van der Waals surface area contributed by atoms with Gasteiger partial charge in [0.2, 0.25) is 0 Å². The molecule has 0 N–H and O–H groups in total. The zero-order valence-electron chi connectivity index (χ0n) is 28.6. The molecule has 4 nitrogen and oxygen atoms in total. The fourth-order valence-corrected chi connectivity index (χ4v) is 2.36. The fraction of sp³-hybridized carbons (Fsp3) is 1.00. The van der Waals surface area contributed by atoms with E-state index in [-0.39, 0.29) is 26.2 Å². The number of hydrogen-bond acceptors (Lipinski definition) is 0. The van der Waals surface area contributed by atoms with E-state index in [4.69, 9.17) is 0 Å². The molecule has 0 aliphatic carbocycles. The summed E-state index contributed by atoms with van der Waals surface area (Å²) in [7, 11) is 0. The third kappa shape index (κ3) is 72.4. The van der Waals surface area contributed by atoms with Crippen molar-refractivity contribution < 1.29 is 26.2 Å². The van der Waals surface area contributed by atoms with E-state index in [1.54, 1.807) is 0 Å². The first-order valence-electron chi connectivity index (χ1n) is 15.0. The van der Waals surface area contributed by atoms with Crippen LogP contribution in [-0.2, 0) is 26.2 Å². The molecule has 0 rings (SSSR count). The molecule has 0 amide bonds. The van der Waals surface area contributed by atoms with E-state index >= 15 is 0 Å². The van der Waals surface area contributed by atoms with Crippen molar-refractivity contribution in [1.29, 1.82) is 0 Å². The summed E-state index contributed by atoms with van der Waals surface area (Å²) in [5.74, 6) is 5.81. The molecule has 37 heavy (non-hydrogen) atoms. The summed E-state index contributed by atoms with van der Waals surface area (Å²) in [6.45, 7) is 43.4. The van der Waals surface area contributed by atoms with Gasteiger partial charge in [-0.25, -0.2) is 0 Å². The number of hydrogen-bond donors (Lipinski definition) is 0. The van der Waals surface area contributed by atoms with E-state index in [1.807, 2.05) is 0 Å². The van der Waals surface area contributed by atoms with Gasteiger partial charge >= 0.3 is 26.2 Å². The average molecular weight is 604 g/mol. The zero-order chi connectivity index (χ0) is 29.1. The summed E-state index contributed by atoms with van der Waals surface area (Å²) in [4.78, 5) is 0. The van der Waals surface area contributed by atoms with Crippen LogP contribution in [0.1, 0.15) is 111 Å². The van der Waals surface area contributed by atoms with E-state index in [0.29, 0.717) is 0 Å². The Labute approximate surface area is 257 Å². The molecule has 0 spiro atoms. The van der Waals surface area contributed by atoms with E-state index in [2.05, 4.69) is 132 Å². The minimum absolute atomic E-state index is 0. The molecule has 0 aromatic rings. The van der Waals surface area contributed by atoms with Crippen LogP contribution in [0.25, 0.3) is 21.3 Å². The monoisotopic (exact) mass is 602 g/mol. The maximum Gasteiger partial charge on any atom is 4.00 e. The summed E-state index contributed by atoms with van der Waals surface area (Å²) in [6, 6.07) is 0.